The molecule has 1 unspecified atom stereocenters. The maximum atomic E-state index is 12.0. The first-order chi connectivity index (χ1) is 11.3. The molecule has 0 aromatic carbocycles. The number of aliphatic imine (C=N–C) groups is 1. The van der Waals surface area contributed by atoms with Crippen molar-refractivity contribution < 1.29 is 13.2 Å². The molecule has 0 bridgehead atoms. The molecule has 0 heterocycles. The van der Waals surface area contributed by atoms with E-state index in [1.807, 2.05) is 13.8 Å². The Morgan fingerprint density at radius 3 is 2.50 bits per heavy atom. The van der Waals surface area contributed by atoms with E-state index in [0.29, 0.717) is 18.9 Å². The molecular formula is C16H32N4O3S. The third-order valence-corrected chi connectivity index (χ3v) is 4.98. The van der Waals surface area contributed by atoms with E-state index in [2.05, 4.69) is 20.9 Å². The second kappa shape index (κ2) is 10.5. The van der Waals surface area contributed by atoms with Gasteiger partial charge in [0.05, 0.1) is 5.75 Å². The monoisotopic (exact) mass is 360 g/mol. The Morgan fingerprint density at radius 1 is 1.25 bits per heavy atom. The van der Waals surface area contributed by atoms with Gasteiger partial charge in [-0.05, 0) is 33.1 Å². The molecule has 3 N–H and O–H groups in total. The number of guanidine groups is 1. The van der Waals surface area contributed by atoms with Crippen LogP contribution in [0.5, 0.6) is 0 Å². The molecule has 1 aliphatic carbocycles. The fourth-order valence-corrected chi connectivity index (χ4v) is 3.47. The van der Waals surface area contributed by atoms with Crippen LogP contribution in [-0.4, -0.2) is 57.5 Å². The van der Waals surface area contributed by atoms with E-state index in [1.54, 1.807) is 0 Å². The van der Waals surface area contributed by atoms with Crippen molar-refractivity contribution in [2.75, 3.05) is 25.1 Å². The first-order valence-corrected chi connectivity index (χ1v) is 10.9. The maximum absolute atomic E-state index is 12.0. The average Bonchev–Trinajstić information content (AvgIpc) is 2.51. The SMILES string of the molecule is CCNC(=NCC(=O)NC1CCCCC1)NC(C)CCS(C)(=O)=O. The number of sulfone groups is 1. The van der Waals surface area contributed by atoms with Crippen LogP contribution in [0.25, 0.3) is 0 Å². The van der Waals surface area contributed by atoms with Crippen LogP contribution in [-0.2, 0) is 14.6 Å². The molecule has 1 rings (SSSR count). The van der Waals surface area contributed by atoms with Crippen LogP contribution < -0.4 is 16.0 Å². The van der Waals surface area contributed by atoms with Crippen molar-refractivity contribution in [2.24, 2.45) is 4.99 Å². The highest BCUT2D eigenvalue weighted by Gasteiger charge is 2.15. The molecule has 0 radical (unpaired) electrons. The summed E-state index contributed by atoms with van der Waals surface area (Å²) in [4.78, 5) is 16.3. The minimum absolute atomic E-state index is 0.0427. The van der Waals surface area contributed by atoms with Gasteiger partial charge in [-0.3, -0.25) is 4.79 Å². The zero-order valence-corrected chi connectivity index (χ0v) is 15.9. The third-order valence-electron chi connectivity index (χ3n) is 4.00. The van der Waals surface area contributed by atoms with Gasteiger partial charge in [-0.15, -0.1) is 0 Å². The first kappa shape index (κ1) is 20.7. The predicted octanol–water partition coefficient (Wildman–Crippen LogP) is 0.814. The Balaban J connectivity index is 2.43. The molecule has 0 spiro atoms. The van der Waals surface area contributed by atoms with Gasteiger partial charge in [-0.1, -0.05) is 19.3 Å². The lowest BCUT2D eigenvalue weighted by atomic mass is 9.95. The highest BCUT2D eigenvalue weighted by Crippen LogP contribution is 2.17. The molecule has 0 aromatic rings. The van der Waals surface area contributed by atoms with Gasteiger partial charge in [0, 0.05) is 24.9 Å². The molecule has 0 aliphatic heterocycles. The third kappa shape index (κ3) is 9.75. The van der Waals surface area contributed by atoms with Crippen molar-refractivity contribution in [3.8, 4) is 0 Å². The summed E-state index contributed by atoms with van der Waals surface area (Å²) in [7, 11) is -2.97. The Labute approximate surface area is 146 Å². The highest BCUT2D eigenvalue weighted by atomic mass is 32.2. The number of hydrogen-bond donors (Lipinski definition) is 3. The Hall–Kier alpha value is -1.31. The van der Waals surface area contributed by atoms with Crippen molar-refractivity contribution in [1.82, 2.24) is 16.0 Å². The summed E-state index contributed by atoms with van der Waals surface area (Å²) >= 11 is 0. The molecule has 1 fully saturated rings. The van der Waals surface area contributed by atoms with E-state index in [0.717, 1.165) is 12.8 Å². The number of carbonyl (C=O) groups is 1. The number of amides is 1. The lowest BCUT2D eigenvalue weighted by Crippen LogP contribution is -2.44. The van der Waals surface area contributed by atoms with Gasteiger partial charge in [0.25, 0.3) is 0 Å². The molecule has 8 heteroatoms. The summed E-state index contributed by atoms with van der Waals surface area (Å²) in [6, 6.07) is 0.240. The fraction of sp³-hybridized carbons (Fsp3) is 0.875. The highest BCUT2D eigenvalue weighted by molar-refractivity contribution is 7.90. The minimum atomic E-state index is -2.97. The summed E-state index contributed by atoms with van der Waals surface area (Å²) in [5.41, 5.74) is 0. The van der Waals surface area contributed by atoms with E-state index in [1.165, 1.54) is 25.5 Å². The van der Waals surface area contributed by atoms with Crippen LogP contribution in [0.15, 0.2) is 4.99 Å². The van der Waals surface area contributed by atoms with Gasteiger partial charge >= 0.3 is 0 Å². The molecule has 140 valence electrons. The van der Waals surface area contributed by atoms with Crippen LogP contribution in [0.4, 0.5) is 0 Å². The molecule has 1 saturated carbocycles. The lowest BCUT2D eigenvalue weighted by molar-refractivity contribution is -0.120. The molecule has 7 nitrogen and oxygen atoms in total. The predicted molar refractivity (Wildman–Crippen MR) is 97.9 cm³/mol. The molecule has 0 aromatic heterocycles. The molecule has 1 atom stereocenters. The smallest absolute Gasteiger partial charge is 0.242 e. The molecule has 24 heavy (non-hydrogen) atoms. The van der Waals surface area contributed by atoms with E-state index in [4.69, 9.17) is 0 Å². The van der Waals surface area contributed by atoms with Crippen LogP contribution in [0.1, 0.15) is 52.4 Å². The zero-order valence-electron chi connectivity index (χ0n) is 15.1. The summed E-state index contributed by atoms with van der Waals surface area (Å²) in [6.07, 6.45) is 7.44. The topological polar surface area (TPSA) is 99.7 Å². The second-order valence-corrected chi connectivity index (χ2v) is 8.82. The van der Waals surface area contributed by atoms with E-state index in [-0.39, 0.29) is 30.3 Å². The molecule has 1 aliphatic rings. The average molecular weight is 361 g/mol. The van der Waals surface area contributed by atoms with Crippen molar-refractivity contribution in [3.05, 3.63) is 0 Å². The minimum Gasteiger partial charge on any atom is -0.357 e. The summed E-state index contributed by atoms with van der Waals surface area (Å²) in [6.45, 7) is 4.60. The van der Waals surface area contributed by atoms with Gasteiger partial charge in [-0.2, -0.15) is 0 Å². The van der Waals surface area contributed by atoms with Crippen LogP contribution in [0.3, 0.4) is 0 Å². The van der Waals surface area contributed by atoms with Crippen LogP contribution in [0, 0.1) is 0 Å². The lowest BCUT2D eigenvalue weighted by Gasteiger charge is -2.22. The molecule has 1 amide bonds. The van der Waals surface area contributed by atoms with Gasteiger partial charge in [0.1, 0.15) is 16.4 Å². The van der Waals surface area contributed by atoms with Crippen LogP contribution in [0.2, 0.25) is 0 Å². The quantitative estimate of drug-likeness (QED) is 0.439. The molecular weight excluding hydrogens is 328 g/mol. The number of nitrogens with zero attached hydrogens (tertiary/aromatic N) is 1. The number of rotatable bonds is 8. The Morgan fingerprint density at radius 2 is 1.92 bits per heavy atom. The van der Waals surface area contributed by atoms with E-state index in [9.17, 15) is 13.2 Å². The van der Waals surface area contributed by atoms with Crippen molar-refractivity contribution in [1.29, 1.82) is 0 Å². The number of hydrogen-bond acceptors (Lipinski definition) is 4. The Bertz CT molecular complexity index is 513. The first-order valence-electron chi connectivity index (χ1n) is 8.82. The van der Waals surface area contributed by atoms with Crippen molar-refractivity contribution in [3.63, 3.8) is 0 Å². The number of nitrogens with one attached hydrogen (secondary N) is 3. The fourth-order valence-electron chi connectivity index (χ4n) is 2.69. The van der Waals surface area contributed by atoms with Gasteiger partial charge in [0.15, 0.2) is 5.96 Å². The zero-order chi connectivity index (χ0) is 18.0. The second-order valence-electron chi connectivity index (χ2n) is 6.56. The summed E-state index contributed by atoms with van der Waals surface area (Å²) < 4.78 is 22.4. The standard InChI is InChI=1S/C16H32N4O3S/c1-4-17-16(19-13(2)10-11-24(3,22)23)18-12-15(21)20-14-8-6-5-7-9-14/h13-14H,4-12H2,1-3H3,(H,20,21)(H2,17,18,19). The Kier molecular flexibility index (Phi) is 9.10. The van der Waals surface area contributed by atoms with Crippen LogP contribution >= 0.6 is 0 Å². The largest absolute Gasteiger partial charge is 0.357 e. The number of carbonyl (C=O) groups excluding carboxylic acids is 1. The molecule has 0 saturated heterocycles. The van der Waals surface area contributed by atoms with Crippen molar-refractivity contribution >= 4 is 21.7 Å². The van der Waals surface area contributed by atoms with Gasteiger partial charge in [-0.25, -0.2) is 13.4 Å². The van der Waals surface area contributed by atoms with Gasteiger partial charge < -0.3 is 16.0 Å². The van der Waals surface area contributed by atoms with Gasteiger partial charge in [0.2, 0.25) is 5.91 Å². The summed E-state index contributed by atoms with van der Waals surface area (Å²) in [5, 5.41) is 9.26. The summed E-state index contributed by atoms with van der Waals surface area (Å²) in [5.74, 6) is 0.600. The van der Waals surface area contributed by atoms with Crippen molar-refractivity contribution in [2.45, 2.75) is 64.5 Å². The normalized spacial score (nSPS) is 18.0. The maximum Gasteiger partial charge on any atom is 0.242 e. The van der Waals surface area contributed by atoms with E-state index < -0.39 is 9.84 Å². The van der Waals surface area contributed by atoms with E-state index >= 15 is 0 Å².